The molecule has 0 unspecified atom stereocenters. The molecule has 122 valence electrons. The second-order valence-electron chi connectivity index (χ2n) is 5.55. The fourth-order valence-electron chi connectivity index (χ4n) is 2.43. The zero-order valence-corrected chi connectivity index (χ0v) is 14.2. The first-order chi connectivity index (χ1) is 11.1. The van der Waals surface area contributed by atoms with E-state index in [0.29, 0.717) is 17.5 Å². The number of hydrogen-bond acceptors (Lipinski definition) is 3. The lowest BCUT2D eigenvalue weighted by molar-refractivity contribution is -0.118. The number of hydrogen-bond donors (Lipinski definition) is 2. The number of anilines is 1. The quantitative estimate of drug-likeness (QED) is 0.816. The molecule has 0 atom stereocenters. The third-order valence-corrected chi connectivity index (χ3v) is 4.94. The maximum atomic E-state index is 11.7. The minimum absolute atomic E-state index is 0.0530. The Hall–Kier alpha value is -1.93. The van der Waals surface area contributed by atoms with E-state index in [1.165, 1.54) is 32.6 Å². The molecule has 2 amide bonds. The van der Waals surface area contributed by atoms with Gasteiger partial charge in [-0.15, -0.1) is 11.8 Å². The largest absolute Gasteiger partial charge is 0.344 e. The summed E-state index contributed by atoms with van der Waals surface area (Å²) in [6.45, 7) is 1.83. The summed E-state index contributed by atoms with van der Waals surface area (Å²) in [7, 11) is 0. The highest BCUT2D eigenvalue weighted by Crippen LogP contribution is 2.28. The van der Waals surface area contributed by atoms with Gasteiger partial charge in [0.25, 0.3) is 0 Å². The van der Waals surface area contributed by atoms with Crippen molar-refractivity contribution in [3.05, 3.63) is 29.8 Å². The maximum absolute atomic E-state index is 11.7. The lowest BCUT2D eigenvalue weighted by atomic mass is 10.2. The molecule has 0 spiro atoms. The van der Waals surface area contributed by atoms with E-state index < -0.39 is 0 Å². The minimum Gasteiger partial charge on any atom is -0.344 e. The number of amides is 2. The molecule has 0 radical (unpaired) electrons. The molecule has 0 heterocycles. The van der Waals surface area contributed by atoms with Crippen LogP contribution in [-0.4, -0.2) is 29.4 Å². The van der Waals surface area contributed by atoms with Crippen LogP contribution in [0.3, 0.4) is 0 Å². The lowest BCUT2D eigenvalue weighted by Crippen LogP contribution is -2.26. The average molecular weight is 330 g/mol. The Bertz CT molecular complexity index is 596. The molecule has 0 aliphatic heterocycles. The van der Waals surface area contributed by atoms with Crippen molar-refractivity contribution >= 4 is 29.3 Å². The molecule has 5 heteroatoms. The maximum Gasteiger partial charge on any atom is 0.230 e. The Kier molecular flexibility index (Phi) is 7.02. The van der Waals surface area contributed by atoms with E-state index in [2.05, 4.69) is 22.5 Å². The van der Waals surface area contributed by atoms with Crippen LogP contribution in [0.2, 0.25) is 0 Å². The number of rotatable bonds is 5. The summed E-state index contributed by atoms with van der Waals surface area (Å²) in [6.07, 6.45) is 5.08. The standard InChI is InChI=1S/C18H22N2O2S/c1-14(21)20-16-10-8-15(9-11-16)5-4-12-19-18(22)13-23-17-6-2-3-7-17/h8-11,17H,2-3,6-7,12-13H2,1H3,(H,19,22)(H,20,21). The molecule has 1 aromatic rings. The molecule has 0 saturated heterocycles. The van der Waals surface area contributed by atoms with E-state index in [9.17, 15) is 9.59 Å². The van der Waals surface area contributed by atoms with Crippen molar-refractivity contribution in [3.8, 4) is 11.8 Å². The normalized spacial score (nSPS) is 14.0. The zero-order valence-electron chi connectivity index (χ0n) is 13.4. The summed E-state index contributed by atoms with van der Waals surface area (Å²) in [5.41, 5.74) is 1.61. The first-order valence-corrected chi connectivity index (χ1v) is 8.93. The van der Waals surface area contributed by atoms with Crippen LogP contribution in [-0.2, 0) is 9.59 Å². The second kappa shape index (κ2) is 9.26. The van der Waals surface area contributed by atoms with E-state index in [4.69, 9.17) is 0 Å². The zero-order chi connectivity index (χ0) is 16.5. The molecule has 2 N–H and O–H groups in total. The molecular weight excluding hydrogens is 308 g/mol. The molecule has 4 nitrogen and oxygen atoms in total. The van der Waals surface area contributed by atoms with Crippen LogP contribution in [0.5, 0.6) is 0 Å². The highest BCUT2D eigenvalue weighted by molar-refractivity contribution is 8.00. The van der Waals surface area contributed by atoms with Crippen LogP contribution < -0.4 is 10.6 Å². The summed E-state index contributed by atoms with van der Waals surface area (Å²) in [5.74, 6) is 6.42. The Labute approximate surface area is 141 Å². The van der Waals surface area contributed by atoms with Gasteiger partial charge in [-0.2, -0.15) is 0 Å². The van der Waals surface area contributed by atoms with Crippen molar-refractivity contribution in [1.29, 1.82) is 0 Å². The fourth-order valence-corrected chi connectivity index (χ4v) is 3.58. The summed E-state index contributed by atoms with van der Waals surface area (Å²) in [5, 5.41) is 6.19. The van der Waals surface area contributed by atoms with Crippen molar-refractivity contribution < 1.29 is 9.59 Å². The van der Waals surface area contributed by atoms with Gasteiger partial charge in [0.05, 0.1) is 12.3 Å². The van der Waals surface area contributed by atoms with Crippen LogP contribution in [0.4, 0.5) is 5.69 Å². The van der Waals surface area contributed by atoms with Gasteiger partial charge in [-0.05, 0) is 37.1 Å². The number of benzene rings is 1. The van der Waals surface area contributed by atoms with Crippen LogP contribution in [0.25, 0.3) is 0 Å². The third kappa shape index (κ3) is 6.79. The van der Waals surface area contributed by atoms with Crippen molar-refractivity contribution in [2.75, 3.05) is 17.6 Å². The molecule has 1 fully saturated rings. The second-order valence-corrected chi connectivity index (χ2v) is 6.84. The molecule has 0 bridgehead atoms. The van der Waals surface area contributed by atoms with Gasteiger partial charge in [-0.3, -0.25) is 9.59 Å². The van der Waals surface area contributed by atoms with Gasteiger partial charge < -0.3 is 10.6 Å². The van der Waals surface area contributed by atoms with Crippen molar-refractivity contribution in [2.24, 2.45) is 0 Å². The predicted octanol–water partition coefficient (Wildman–Crippen LogP) is 2.79. The topological polar surface area (TPSA) is 58.2 Å². The molecule has 1 aliphatic carbocycles. The molecule has 0 aromatic heterocycles. The highest BCUT2D eigenvalue weighted by Gasteiger charge is 2.16. The molecule has 1 aromatic carbocycles. The molecule has 1 saturated carbocycles. The molecular formula is C18H22N2O2S. The van der Waals surface area contributed by atoms with Crippen molar-refractivity contribution in [1.82, 2.24) is 5.32 Å². The molecule has 1 aliphatic rings. The van der Waals surface area contributed by atoms with Crippen LogP contribution in [0.15, 0.2) is 24.3 Å². The van der Waals surface area contributed by atoms with E-state index in [0.717, 1.165) is 11.3 Å². The molecule has 23 heavy (non-hydrogen) atoms. The Morgan fingerprint density at radius 1 is 1.22 bits per heavy atom. The van der Waals surface area contributed by atoms with E-state index in [1.807, 2.05) is 24.3 Å². The van der Waals surface area contributed by atoms with Gasteiger partial charge in [0.1, 0.15) is 0 Å². The summed E-state index contributed by atoms with van der Waals surface area (Å²) in [6, 6.07) is 7.30. The van der Waals surface area contributed by atoms with Crippen LogP contribution >= 0.6 is 11.8 Å². The van der Waals surface area contributed by atoms with E-state index in [-0.39, 0.29) is 11.8 Å². The number of carbonyl (C=O) groups is 2. The van der Waals surface area contributed by atoms with Crippen LogP contribution in [0.1, 0.15) is 38.2 Å². The van der Waals surface area contributed by atoms with Gasteiger partial charge >= 0.3 is 0 Å². The van der Waals surface area contributed by atoms with Crippen molar-refractivity contribution in [3.63, 3.8) is 0 Å². The Morgan fingerprint density at radius 2 is 1.91 bits per heavy atom. The lowest BCUT2D eigenvalue weighted by Gasteiger charge is -2.07. The Morgan fingerprint density at radius 3 is 2.57 bits per heavy atom. The van der Waals surface area contributed by atoms with Gasteiger partial charge in [-0.1, -0.05) is 24.7 Å². The average Bonchev–Trinajstić information content (AvgIpc) is 3.04. The fraction of sp³-hybridized carbons (Fsp3) is 0.444. The summed E-state index contributed by atoms with van der Waals surface area (Å²) >= 11 is 1.76. The van der Waals surface area contributed by atoms with Crippen molar-refractivity contribution in [2.45, 2.75) is 37.9 Å². The first-order valence-electron chi connectivity index (χ1n) is 7.88. The SMILES string of the molecule is CC(=O)Nc1ccc(C#CCNC(=O)CSC2CCCC2)cc1. The smallest absolute Gasteiger partial charge is 0.230 e. The Balaban J connectivity index is 1.68. The third-order valence-electron chi connectivity index (χ3n) is 3.56. The van der Waals surface area contributed by atoms with Gasteiger partial charge in [-0.25, -0.2) is 0 Å². The summed E-state index contributed by atoms with van der Waals surface area (Å²) in [4.78, 5) is 22.6. The first kappa shape index (κ1) is 17.4. The predicted molar refractivity (Wildman–Crippen MR) is 95.3 cm³/mol. The number of carbonyl (C=O) groups excluding carboxylic acids is 2. The summed E-state index contributed by atoms with van der Waals surface area (Å²) < 4.78 is 0. The van der Waals surface area contributed by atoms with E-state index in [1.54, 1.807) is 11.8 Å². The number of thioether (sulfide) groups is 1. The van der Waals surface area contributed by atoms with Crippen LogP contribution in [0, 0.1) is 11.8 Å². The number of nitrogens with one attached hydrogen (secondary N) is 2. The monoisotopic (exact) mass is 330 g/mol. The minimum atomic E-state index is -0.0954. The van der Waals surface area contributed by atoms with Gasteiger partial charge in [0, 0.05) is 23.4 Å². The van der Waals surface area contributed by atoms with Gasteiger partial charge in [0.15, 0.2) is 0 Å². The molecule has 2 rings (SSSR count). The van der Waals surface area contributed by atoms with Gasteiger partial charge in [0.2, 0.25) is 11.8 Å². The highest BCUT2D eigenvalue weighted by atomic mass is 32.2. The van der Waals surface area contributed by atoms with E-state index >= 15 is 0 Å².